The minimum absolute atomic E-state index is 0.108. The fourth-order valence-corrected chi connectivity index (χ4v) is 5.98. The standard InChI is InChI=1S/C27H42O4.C8H14.CH5N/c1-2-3-4-5-6-7-8-9-10-11-12-13-14-15-19-22-26(28)31-23-25(27(29)30)24-20-17-16-18-21-24;1-2-7-4-5-8(3-1)6-7;1-2/h9-10,16-18,20-21,25H,2-8,11-15,19,22-23H2,1H3,(H,29,30);7-8H,1-6H2;2H2,1H3/b10-9-;;. The van der Waals surface area contributed by atoms with Gasteiger partial charge in [-0.05, 0) is 63.0 Å². The lowest BCUT2D eigenvalue weighted by atomic mass is 9.89. The molecule has 5 nitrogen and oxygen atoms in total. The highest BCUT2D eigenvalue weighted by Crippen LogP contribution is 2.41. The van der Waals surface area contributed by atoms with Crippen molar-refractivity contribution >= 4 is 11.9 Å². The topological polar surface area (TPSA) is 89.6 Å². The van der Waals surface area contributed by atoms with Crippen LogP contribution in [0.1, 0.15) is 147 Å². The van der Waals surface area contributed by atoms with Crippen molar-refractivity contribution in [2.45, 2.75) is 141 Å². The number of carbonyl (C=O) groups is 2. The lowest BCUT2D eigenvalue weighted by Crippen LogP contribution is -2.20. The quantitative estimate of drug-likeness (QED) is 0.0980. The summed E-state index contributed by atoms with van der Waals surface area (Å²) in [5.41, 5.74) is 5.16. The molecule has 3 N–H and O–H groups in total. The van der Waals surface area contributed by atoms with Gasteiger partial charge in [-0.25, -0.2) is 0 Å². The Bertz CT molecular complexity index is 780. The molecule has 2 aliphatic rings. The van der Waals surface area contributed by atoms with Gasteiger partial charge in [0, 0.05) is 6.42 Å². The van der Waals surface area contributed by atoms with Crippen LogP contribution in [0.3, 0.4) is 0 Å². The Balaban J connectivity index is 0.000000697. The molecule has 2 aliphatic carbocycles. The summed E-state index contributed by atoms with van der Waals surface area (Å²) < 4.78 is 5.21. The van der Waals surface area contributed by atoms with E-state index in [1.165, 1.54) is 71.3 Å². The van der Waals surface area contributed by atoms with E-state index in [0.29, 0.717) is 12.0 Å². The number of esters is 1. The highest BCUT2D eigenvalue weighted by Gasteiger charge is 2.27. The Morgan fingerprint density at radius 2 is 1.37 bits per heavy atom. The molecule has 0 radical (unpaired) electrons. The van der Waals surface area contributed by atoms with Crippen molar-refractivity contribution in [2.24, 2.45) is 17.6 Å². The van der Waals surface area contributed by atoms with Crippen LogP contribution in [0.25, 0.3) is 0 Å². The van der Waals surface area contributed by atoms with Crippen molar-refractivity contribution in [1.82, 2.24) is 0 Å². The molecule has 0 heterocycles. The van der Waals surface area contributed by atoms with E-state index in [1.54, 1.807) is 56.4 Å². The summed E-state index contributed by atoms with van der Waals surface area (Å²) in [6.45, 7) is 2.14. The number of carboxylic acids is 1. The van der Waals surface area contributed by atoms with Crippen LogP contribution in [0.15, 0.2) is 42.5 Å². The molecular formula is C36H61NO4. The molecule has 234 valence electrons. The largest absolute Gasteiger partial charge is 0.481 e. The molecule has 1 aromatic rings. The summed E-state index contributed by atoms with van der Waals surface area (Å²) in [5, 5.41) is 9.36. The van der Waals surface area contributed by atoms with E-state index in [9.17, 15) is 14.7 Å². The van der Waals surface area contributed by atoms with Crippen LogP contribution in [0.2, 0.25) is 0 Å². The fourth-order valence-electron chi connectivity index (χ4n) is 5.98. The average Bonchev–Trinajstić information content (AvgIpc) is 3.33. The van der Waals surface area contributed by atoms with E-state index >= 15 is 0 Å². The van der Waals surface area contributed by atoms with Crippen LogP contribution < -0.4 is 5.73 Å². The number of carboxylic acid groups (broad SMARTS) is 1. The molecule has 0 saturated heterocycles. The predicted octanol–water partition coefficient (Wildman–Crippen LogP) is 9.60. The van der Waals surface area contributed by atoms with E-state index in [0.717, 1.165) is 37.5 Å². The maximum Gasteiger partial charge on any atom is 0.314 e. The van der Waals surface area contributed by atoms with Crippen LogP contribution in [0, 0.1) is 11.8 Å². The molecule has 2 saturated carbocycles. The minimum Gasteiger partial charge on any atom is -0.481 e. The minimum atomic E-state index is -0.972. The van der Waals surface area contributed by atoms with E-state index in [4.69, 9.17) is 4.74 Å². The van der Waals surface area contributed by atoms with Gasteiger partial charge >= 0.3 is 11.9 Å². The lowest BCUT2D eigenvalue weighted by molar-refractivity contribution is -0.148. The number of ether oxygens (including phenoxy) is 1. The maximum absolute atomic E-state index is 11.9. The summed E-state index contributed by atoms with van der Waals surface area (Å²) in [5.74, 6) is 0.238. The molecule has 2 bridgehead atoms. The number of hydrogen-bond donors (Lipinski definition) is 2. The van der Waals surface area contributed by atoms with E-state index < -0.39 is 11.9 Å². The zero-order valence-electron chi connectivity index (χ0n) is 26.4. The molecule has 0 spiro atoms. The number of aliphatic carboxylic acids is 1. The smallest absolute Gasteiger partial charge is 0.314 e. The first-order valence-electron chi connectivity index (χ1n) is 16.8. The third-order valence-electron chi connectivity index (χ3n) is 8.43. The number of carbonyl (C=O) groups excluding carboxylic acids is 1. The van der Waals surface area contributed by atoms with Crippen molar-refractivity contribution in [1.29, 1.82) is 0 Å². The molecule has 5 heteroatoms. The van der Waals surface area contributed by atoms with Gasteiger partial charge in [-0.15, -0.1) is 0 Å². The summed E-state index contributed by atoms with van der Waals surface area (Å²) >= 11 is 0. The van der Waals surface area contributed by atoms with Crippen molar-refractivity contribution in [2.75, 3.05) is 13.7 Å². The molecule has 0 aliphatic heterocycles. The van der Waals surface area contributed by atoms with Gasteiger partial charge in [0.2, 0.25) is 0 Å². The SMILES string of the molecule is C1CC2CCC(C1)C2.CCCCCCCC/C=C\CCCCCCCC(=O)OCC(C(=O)O)c1ccccc1.CN. The zero-order chi connectivity index (χ0) is 30.0. The number of hydrogen-bond acceptors (Lipinski definition) is 4. The Morgan fingerprint density at radius 1 is 0.829 bits per heavy atom. The molecular weight excluding hydrogens is 510 g/mol. The number of fused-ring (bicyclic) bond motifs is 2. The maximum atomic E-state index is 11.9. The number of benzene rings is 1. The number of allylic oxidation sites excluding steroid dienone is 2. The molecule has 3 atom stereocenters. The number of rotatable bonds is 19. The first-order chi connectivity index (χ1) is 20.1. The van der Waals surface area contributed by atoms with E-state index in [1.807, 2.05) is 6.07 Å². The average molecular weight is 572 g/mol. The van der Waals surface area contributed by atoms with Gasteiger partial charge < -0.3 is 15.6 Å². The molecule has 0 aromatic heterocycles. The first kappa shape index (κ1) is 36.9. The Labute approximate surface area is 251 Å². The van der Waals surface area contributed by atoms with Gasteiger partial charge in [0.25, 0.3) is 0 Å². The summed E-state index contributed by atoms with van der Waals surface area (Å²) in [7, 11) is 1.50. The molecule has 2 fully saturated rings. The van der Waals surface area contributed by atoms with Crippen LogP contribution in [-0.4, -0.2) is 30.7 Å². The Hall–Kier alpha value is -2.14. The summed E-state index contributed by atoms with van der Waals surface area (Å²) in [6.07, 6.45) is 30.1. The summed E-state index contributed by atoms with van der Waals surface area (Å²) in [4.78, 5) is 23.3. The number of nitrogens with two attached hydrogens (primary N) is 1. The second kappa shape index (κ2) is 25.6. The van der Waals surface area contributed by atoms with E-state index in [-0.39, 0.29) is 12.6 Å². The monoisotopic (exact) mass is 571 g/mol. The van der Waals surface area contributed by atoms with Crippen LogP contribution >= 0.6 is 0 Å². The van der Waals surface area contributed by atoms with Crippen molar-refractivity contribution in [3.63, 3.8) is 0 Å². The van der Waals surface area contributed by atoms with Gasteiger partial charge in [-0.1, -0.05) is 133 Å². The number of unbranched alkanes of at least 4 members (excludes halogenated alkanes) is 11. The van der Waals surface area contributed by atoms with Crippen molar-refractivity contribution < 1.29 is 19.4 Å². The van der Waals surface area contributed by atoms with Crippen molar-refractivity contribution in [3.05, 3.63) is 48.0 Å². The van der Waals surface area contributed by atoms with Gasteiger partial charge in [-0.3, -0.25) is 9.59 Å². The summed E-state index contributed by atoms with van der Waals surface area (Å²) in [6, 6.07) is 8.91. The normalized spacial score (nSPS) is 18.1. The molecule has 41 heavy (non-hydrogen) atoms. The van der Waals surface area contributed by atoms with Gasteiger partial charge in [0.1, 0.15) is 12.5 Å². The molecule has 3 rings (SSSR count). The van der Waals surface area contributed by atoms with Gasteiger partial charge in [0.15, 0.2) is 0 Å². The van der Waals surface area contributed by atoms with Gasteiger partial charge in [0.05, 0.1) is 0 Å². The van der Waals surface area contributed by atoms with Crippen LogP contribution in [-0.2, 0) is 14.3 Å². The second-order valence-corrected chi connectivity index (χ2v) is 11.8. The molecule has 0 amide bonds. The highest BCUT2D eigenvalue weighted by atomic mass is 16.5. The molecule has 1 aromatic carbocycles. The second-order valence-electron chi connectivity index (χ2n) is 11.8. The Morgan fingerprint density at radius 3 is 1.90 bits per heavy atom. The van der Waals surface area contributed by atoms with Gasteiger partial charge in [-0.2, -0.15) is 0 Å². The molecule has 3 unspecified atom stereocenters. The fraction of sp³-hybridized carbons (Fsp3) is 0.722. The predicted molar refractivity (Wildman–Crippen MR) is 172 cm³/mol. The Kier molecular flexibility index (Phi) is 23.0. The third kappa shape index (κ3) is 18.8. The third-order valence-corrected chi connectivity index (χ3v) is 8.43. The van der Waals surface area contributed by atoms with Crippen LogP contribution in [0.5, 0.6) is 0 Å². The van der Waals surface area contributed by atoms with Crippen LogP contribution in [0.4, 0.5) is 0 Å². The zero-order valence-corrected chi connectivity index (χ0v) is 26.4. The van der Waals surface area contributed by atoms with Crippen molar-refractivity contribution in [3.8, 4) is 0 Å². The van der Waals surface area contributed by atoms with E-state index in [2.05, 4.69) is 24.8 Å². The first-order valence-corrected chi connectivity index (χ1v) is 16.8. The lowest BCUT2D eigenvalue weighted by Gasteiger charge is -2.16. The highest BCUT2D eigenvalue weighted by molar-refractivity contribution is 5.77.